The summed E-state index contributed by atoms with van der Waals surface area (Å²) < 4.78 is 2.16. The first-order valence-electron chi connectivity index (χ1n) is 7.72. The Morgan fingerprint density at radius 3 is 2.81 bits per heavy atom. The van der Waals surface area contributed by atoms with Crippen LogP contribution in [0.1, 0.15) is 55.6 Å². The SMILES string of the molecule is CC(C)n1ncc2c1[C@H](NCc1ccc(O)cc1)CCC2. The molecule has 0 spiro atoms. The van der Waals surface area contributed by atoms with Gasteiger partial charge in [-0.3, -0.25) is 4.68 Å². The second-order valence-electron chi connectivity index (χ2n) is 6.09. The molecular weight excluding hydrogens is 262 g/mol. The van der Waals surface area contributed by atoms with Gasteiger partial charge in [-0.25, -0.2) is 0 Å². The highest BCUT2D eigenvalue weighted by molar-refractivity contribution is 5.27. The van der Waals surface area contributed by atoms with Crippen molar-refractivity contribution in [1.82, 2.24) is 15.1 Å². The standard InChI is InChI=1S/C17H23N3O/c1-12(2)20-17-14(11-19-20)4-3-5-16(17)18-10-13-6-8-15(21)9-7-13/h6-9,11-12,16,18,21H,3-5,10H2,1-2H3/t16-/m1/s1. The first-order valence-corrected chi connectivity index (χ1v) is 7.72. The van der Waals surface area contributed by atoms with Gasteiger partial charge in [-0.15, -0.1) is 0 Å². The third-order valence-electron chi connectivity index (χ3n) is 4.16. The fourth-order valence-corrected chi connectivity index (χ4v) is 3.08. The van der Waals surface area contributed by atoms with Crippen molar-refractivity contribution < 1.29 is 5.11 Å². The normalized spacial score (nSPS) is 18.0. The van der Waals surface area contributed by atoms with Crippen molar-refractivity contribution >= 4 is 0 Å². The van der Waals surface area contributed by atoms with Gasteiger partial charge in [-0.1, -0.05) is 12.1 Å². The van der Waals surface area contributed by atoms with Gasteiger partial charge in [0, 0.05) is 18.6 Å². The summed E-state index contributed by atoms with van der Waals surface area (Å²) in [5.41, 5.74) is 3.93. The molecule has 4 nitrogen and oxygen atoms in total. The molecule has 112 valence electrons. The van der Waals surface area contributed by atoms with Crippen molar-refractivity contribution in [3.8, 4) is 5.75 Å². The van der Waals surface area contributed by atoms with Crippen molar-refractivity contribution in [3.05, 3.63) is 47.3 Å². The lowest BCUT2D eigenvalue weighted by Gasteiger charge is -2.26. The van der Waals surface area contributed by atoms with Crippen LogP contribution in [0.4, 0.5) is 0 Å². The molecule has 0 saturated carbocycles. The van der Waals surface area contributed by atoms with Crippen LogP contribution in [0.25, 0.3) is 0 Å². The third kappa shape index (κ3) is 2.95. The predicted molar refractivity (Wildman–Crippen MR) is 83.2 cm³/mol. The molecule has 1 aliphatic rings. The van der Waals surface area contributed by atoms with Gasteiger partial charge in [0.1, 0.15) is 5.75 Å². The number of hydrogen-bond acceptors (Lipinski definition) is 3. The van der Waals surface area contributed by atoms with E-state index in [-0.39, 0.29) is 0 Å². The summed E-state index contributed by atoms with van der Waals surface area (Å²) in [6.07, 6.45) is 5.54. The molecule has 0 fully saturated rings. The molecule has 0 aliphatic heterocycles. The number of aryl methyl sites for hydroxylation is 1. The largest absolute Gasteiger partial charge is 0.508 e. The first kappa shape index (κ1) is 14.1. The monoisotopic (exact) mass is 285 g/mol. The highest BCUT2D eigenvalue weighted by Gasteiger charge is 2.25. The fourth-order valence-electron chi connectivity index (χ4n) is 3.08. The van der Waals surface area contributed by atoms with Gasteiger partial charge in [0.05, 0.1) is 11.9 Å². The molecular formula is C17H23N3O. The molecule has 1 heterocycles. The van der Waals surface area contributed by atoms with Gasteiger partial charge in [0.2, 0.25) is 0 Å². The lowest BCUT2D eigenvalue weighted by atomic mass is 9.93. The van der Waals surface area contributed by atoms with Gasteiger partial charge in [-0.05, 0) is 56.4 Å². The number of nitrogens with zero attached hydrogens (tertiary/aromatic N) is 2. The van der Waals surface area contributed by atoms with E-state index in [1.165, 1.54) is 23.2 Å². The molecule has 4 heteroatoms. The van der Waals surface area contributed by atoms with E-state index in [4.69, 9.17) is 0 Å². The maximum absolute atomic E-state index is 9.34. The highest BCUT2D eigenvalue weighted by Crippen LogP contribution is 2.31. The first-order chi connectivity index (χ1) is 10.1. The Morgan fingerprint density at radius 1 is 1.33 bits per heavy atom. The van der Waals surface area contributed by atoms with Crippen LogP contribution >= 0.6 is 0 Å². The van der Waals surface area contributed by atoms with Crippen LogP contribution in [0.2, 0.25) is 0 Å². The number of rotatable bonds is 4. The number of phenolic OH excluding ortho intramolecular Hbond substituents is 1. The van der Waals surface area contributed by atoms with Crippen molar-refractivity contribution in [2.45, 2.75) is 51.7 Å². The van der Waals surface area contributed by atoms with Gasteiger partial charge in [0.25, 0.3) is 0 Å². The molecule has 3 rings (SSSR count). The maximum atomic E-state index is 9.34. The number of aromatic hydroxyl groups is 1. The van der Waals surface area contributed by atoms with Gasteiger partial charge in [-0.2, -0.15) is 5.10 Å². The van der Waals surface area contributed by atoms with Gasteiger partial charge in [0.15, 0.2) is 0 Å². The fraction of sp³-hybridized carbons (Fsp3) is 0.471. The van der Waals surface area contributed by atoms with Crippen LogP contribution in [-0.2, 0) is 13.0 Å². The molecule has 1 aromatic carbocycles. The summed E-state index contributed by atoms with van der Waals surface area (Å²) in [4.78, 5) is 0. The number of hydrogen-bond donors (Lipinski definition) is 2. The second kappa shape index (κ2) is 5.90. The van der Waals surface area contributed by atoms with E-state index in [0.29, 0.717) is 17.8 Å². The zero-order valence-electron chi connectivity index (χ0n) is 12.7. The minimum Gasteiger partial charge on any atom is -0.508 e. The van der Waals surface area contributed by atoms with Crippen LogP contribution in [0, 0.1) is 0 Å². The van der Waals surface area contributed by atoms with Crippen LogP contribution < -0.4 is 5.32 Å². The van der Waals surface area contributed by atoms with Gasteiger partial charge < -0.3 is 10.4 Å². The Labute approximate surface area is 125 Å². The molecule has 0 unspecified atom stereocenters. The number of phenols is 1. The van der Waals surface area contributed by atoms with Crippen molar-refractivity contribution in [1.29, 1.82) is 0 Å². The molecule has 0 amide bonds. The van der Waals surface area contributed by atoms with E-state index < -0.39 is 0 Å². The summed E-state index contributed by atoms with van der Waals surface area (Å²) in [6, 6.07) is 8.17. The zero-order valence-corrected chi connectivity index (χ0v) is 12.7. The number of benzene rings is 1. The summed E-state index contributed by atoms with van der Waals surface area (Å²) in [7, 11) is 0. The van der Waals surface area contributed by atoms with Crippen LogP contribution in [0.15, 0.2) is 30.5 Å². The number of fused-ring (bicyclic) bond motifs is 1. The second-order valence-corrected chi connectivity index (χ2v) is 6.09. The van der Waals surface area contributed by atoms with Gasteiger partial charge >= 0.3 is 0 Å². The van der Waals surface area contributed by atoms with Crippen LogP contribution in [0.3, 0.4) is 0 Å². The quantitative estimate of drug-likeness (QED) is 0.906. The van der Waals surface area contributed by atoms with Crippen molar-refractivity contribution in [3.63, 3.8) is 0 Å². The van der Waals surface area contributed by atoms with E-state index in [2.05, 4.69) is 28.9 Å². The lowest BCUT2D eigenvalue weighted by molar-refractivity contribution is 0.401. The van der Waals surface area contributed by atoms with E-state index >= 15 is 0 Å². The Hall–Kier alpha value is -1.81. The van der Waals surface area contributed by atoms with Crippen LogP contribution in [0.5, 0.6) is 5.75 Å². The van der Waals surface area contributed by atoms with Crippen LogP contribution in [-0.4, -0.2) is 14.9 Å². The Morgan fingerprint density at radius 2 is 2.10 bits per heavy atom. The predicted octanol–water partition coefficient (Wildman–Crippen LogP) is 3.34. The smallest absolute Gasteiger partial charge is 0.115 e. The van der Waals surface area contributed by atoms with E-state index in [1.807, 2.05) is 18.3 Å². The molecule has 1 aromatic heterocycles. The average molecular weight is 285 g/mol. The van der Waals surface area contributed by atoms with E-state index in [1.54, 1.807) is 12.1 Å². The summed E-state index contributed by atoms with van der Waals surface area (Å²) in [5.74, 6) is 0.316. The third-order valence-corrected chi connectivity index (χ3v) is 4.16. The molecule has 0 radical (unpaired) electrons. The van der Waals surface area contributed by atoms with E-state index in [9.17, 15) is 5.11 Å². The maximum Gasteiger partial charge on any atom is 0.115 e. The Kier molecular flexibility index (Phi) is 3.97. The molecule has 1 aliphatic carbocycles. The Balaban J connectivity index is 1.75. The number of nitrogens with one attached hydrogen (secondary N) is 1. The van der Waals surface area contributed by atoms with E-state index in [0.717, 1.165) is 19.4 Å². The molecule has 2 N–H and O–H groups in total. The average Bonchev–Trinajstić information content (AvgIpc) is 2.91. The molecule has 21 heavy (non-hydrogen) atoms. The molecule has 0 bridgehead atoms. The topological polar surface area (TPSA) is 50.1 Å². The minimum absolute atomic E-state index is 0.316. The highest BCUT2D eigenvalue weighted by atomic mass is 16.3. The number of aromatic nitrogens is 2. The molecule has 0 saturated heterocycles. The van der Waals surface area contributed by atoms with Crippen molar-refractivity contribution in [2.75, 3.05) is 0 Å². The molecule has 2 aromatic rings. The minimum atomic E-state index is 0.316. The van der Waals surface area contributed by atoms with Crippen molar-refractivity contribution in [2.24, 2.45) is 0 Å². The summed E-state index contributed by atoms with van der Waals surface area (Å²) >= 11 is 0. The lowest BCUT2D eigenvalue weighted by Crippen LogP contribution is -2.27. The Bertz CT molecular complexity index is 601. The summed E-state index contributed by atoms with van der Waals surface area (Å²) in [5, 5.41) is 17.6. The summed E-state index contributed by atoms with van der Waals surface area (Å²) in [6.45, 7) is 5.17. The molecule has 1 atom stereocenters. The zero-order chi connectivity index (χ0) is 14.8.